The van der Waals surface area contributed by atoms with Gasteiger partial charge in [0.1, 0.15) is 0 Å². The zero-order valence-corrected chi connectivity index (χ0v) is 10.2. The maximum Gasteiger partial charge on any atom is 0.218 e. The van der Waals surface area contributed by atoms with Gasteiger partial charge in [-0.1, -0.05) is 44.5 Å². The van der Waals surface area contributed by atoms with Gasteiger partial charge in [-0.2, -0.15) is 0 Å². The van der Waals surface area contributed by atoms with Gasteiger partial charge in [0.2, 0.25) is 5.91 Å². The predicted molar refractivity (Wildman–Crippen MR) is 67.3 cm³/mol. The Morgan fingerprint density at radius 2 is 1.88 bits per heavy atom. The Hall–Kier alpha value is -1.31. The van der Waals surface area contributed by atoms with E-state index in [2.05, 4.69) is 38.1 Å². The van der Waals surface area contributed by atoms with E-state index in [4.69, 9.17) is 5.73 Å². The molecule has 1 aromatic carbocycles. The molecule has 0 spiro atoms. The topological polar surface area (TPSA) is 43.1 Å². The van der Waals surface area contributed by atoms with Crippen LogP contribution in [0.15, 0.2) is 24.3 Å². The van der Waals surface area contributed by atoms with Crippen molar-refractivity contribution in [2.24, 2.45) is 5.73 Å². The van der Waals surface area contributed by atoms with Crippen LogP contribution in [0.25, 0.3) is 0 Å². The zero-order chi connectivity index (χ0) is 12.0. The van der Waals surface area contributed by atoms with E-state index in [9.17, 15) is 4.79 Å². The van der Waals surface area contributed by atoms with Gasteiger partial charge in [0.15, 0.2) is 0 Å². The Kier molecular flexibility index (Phi) is 5.03. The molecule has 0 radical (unpaired) electrons. The summed E-state index contributed by atoms with van der Waals surface area (Å²) in [6.45, 7) is 4.27. The first-order chi connectivity index (χ1) is 7.67. The zero-order valence-electron chi connectivity index (χ0n) is 10.2. The number of carbonyl (C=O) groups excluding carboxylic acids is 1. The maximum atomic E-state index is 11.0. The smallest absolute Gasteiger partial charge is 0.218 e. The second-order valence-corrected chi connectivity index (χ2v) is 4.25. The molecule has 2 heteroatoms. The lowest BCUT2D eigenvalue weighted by atomic mass is 9.90. The molecule has 0 bridgehead atoms. The van der Waals surface area contributed by atoms with E-state index in [0.29, 0.717) is 6.42 Å². The first-order valence-electron chi connectivity index (χ1n) is 6.04. The number of primary amides is 1. The fourth-order valence-corrected chi connectivity index (χ4v) is 2.00. The third-order valence-corrected chi connectivity index (χ3v) is 2.94. The summed E-state index contributed by atoms with van der Waals surface area (Å²) in [5, 5.41) is 0. The Bertz CT molecular complexity index is 329. The van der Waals surface area contributed by atoms with Crippen molar-refractivity contribution >= 4 is 5.91 Å². The highest BCUT2D eigenvalue weighted by molar-refractivity contribution is 5.74. The molecule has 16 heavy (non-hydrogen) atoms. The molecule has 0 fully saturated rings. The van der Waals surface area contributed by atoms with E-state index < -0.39 is 0 Å². The number of rotatable bonds is 6. The molecular weight excluding hydrogens is 198 g/mol. The van der Waals surface area contributed by atoms with Crippen LogP contribution in [0.2, 0.25) is 0 Å². The van der Waals surface area contributed by atoms with Crippen molar-refractivity contribution in [1.29, 1.82) is 0 Å². The number of hydrogen-bond donors (Lipinski definition) is 1. The summed E-state index contributed by atoms with van der Waals surface area (Å²) in [5.41, 5.74) is 7.84. The number of aryl methyl sites for hydroxylation is 1. The molecule has 0 aliphatic rings. The highest BCUT2D eigenvalue weighted by atomic mass is 16.1. The van der Waals surface area contributed by atoms with Gasteiger partial charge >= 0.3 is 0 Å². The molecule has 0 saturated heterocycles. The number of benzene rings is 1. The van der Waals surface area contributed by atoms with Crippen molar-refractivity contribution in [2.75, 3.05) is 0 Å². The Morgan fingerprint density at radius 3 is 2.31 bits per heavy atom. The first-order valence-corrected chi connectivity index (χ1v) is 6.04. The molecule has 0 saturated carbocycles. The number of carbonyl (C=O) groups is 1. The van der Waals surface area contributed by atoms with Crippen molar-refractivity contribution < 1.29 is 4.79 Å². The Balaban J connectivity index is 2.79. The standard InChI is InChI=1S/C14H21NO/c1-3-5-13(10-14(15)16)12-8-6-11(4-2)7-9-12/h6-9,13H,3-5,10H2,1-2H3,(H2,15,16). The van der Waals surface area contributed by atoms with Crippen LogP contribution >= 0.6 is 0 Å². The van der Waals surface area contributed by atoms with E-state index >= 15 is 0 Å². The summed E-state index contributed by atoms with van der Waals surface area (Å²) in [5.74, 6) is 0.0754. The van der Waals surface area contributed by atoms with E-state index in [0.717, 1.165) is 19.3 Å². The van der Waals surface area contributed by atoms with Crippen LogP contribution < -0.4 is 5.73 Å². The molecule has 0 aliphatic carbocycles. The summed E-state index contributed by atoms with van der Waals surface area (Å²) < 4.78 is 0. The maximum absolute atomic E-state index is 11.0. The predicted octanol–water partition coefficient (Wildman–Crippen LogP) is 3.01. The molecule has 1 aromatic rings. The highest BCUT2D eigenvalue weighted by Crippen LogP contribution is 2.25. The summed E-state index contributed by atoms with van der Waals surface area (Å²) in [6, 6.07) is 8.53. The molecule has 0 heterocycles. The minimum atomic E-state index is -0.210. The Labute approximate surface area is 97.9 Å². The fraction of sp³-hybridized carbons (Fsp3) is 0.500. The van der Waals surface area contributed by atoms with Crippen LogP contribution in [0.1, 0.15) is 50.2 Å². The molecule has 2 N–H and O–H groups in total. The number of hydrogen-bond acceptors (Lipinski definition) is 1. The summed E-state index contributed by atoms with van der Waals surface area (Å²) in [7, 11) is 0. The normalized spacial score (nSPS) is 12.4. The molecule has 1 amide bonds. The minimum Gasteiger partial charge on any atom is -0.370 e. The van der Waals surface area contributed by atoms with Crippen LogP contribution in [-0.4, -0.2) is 5.91 Å². The van der Waals surface area contributed by atoms with E-state index in [1.807, 2.05) is 0 Å². The van der Waals surface area contributed by atoms with Crippen LogP contribution in [-0.2, 0) is 11.2 Å². The van der Waals surface area contributed by atoms with Gasteiger partial charge in [0, 0.05) is 6.42 Å². The summed E-state index contributed by atoms with van der Waals surface area (Å²) in [4.78, 5) is 11.0. The van der Waals surface area contributed by atoms with Crippen molar-refractivity contribution in [1.82, 2.24) is 0 Å². The second-order valence-electron chi connectivity index (χ2n) is 4.25. The first kappa shape index (κ1) is 12.8. The van der Waals surface area contributed by atoms with E-state index in [1.165, 1.54) is 11.1 Å². The van der Waals surface area contributed by atoms with Crippen molar-refractivity contribution in [3.8, 4) is 0 Å². The van der Waals surface area contributed by atoms with Gasteiger partial charge in [0.05, 0.1) is 0 Å². The van der Waals surface area contributed by atoms with Crippen molar-refractivity contribution in [2.45, 2.75) is 45.4 Å². The molecule has 0 aliphatic heterocycles. The average molecular weight is 219 g/mol. The Morgan fingerprint density at radius 1 is 1.25 bits per heavy atom. The summed E-state index contributed by atoms with van der Waals surface area (Å²) >= 11 is 0. The third-order valence-electron chi connectivity index (χ3n) is 2.94. The molecule has 1 rings (SSSR count). The third kappa shape index (κ3) is 3.69. The van der Waals surface area contributed by atoms with Gasteiger partial charge in [-0.15, -0.1) is 0 Å². The lowest BCUT2D eigenvalue weighted by molar-refractivity contribution is -0.118. The van der Waals surface area contributed by atoms with Crippen molar-refractivity contribution in [3.05, 3.63) is 35.4 Å². The molecule has 1 atom stereocenters. The van der Waals surface area contributed by atoms with E-state index in [1.54, 1.807) is 0 Å². The molecule has 88 valence electrons. The van der Waals surface area contributed by atoms with Crippen molar-refractivity contribution in [3.63, 3.8) is 0 Å². The molecule has 0 aromatic heterocycles. The van der Waals surface area contributed by atoms with Crippen LogP contribution in [0.3, 0.4) is 0 Å². The highest BCUT2D eigenvalue weighted by Gasteiger charge is 2.13. The quantitative estimate of drug-likeness (QED) is 0.785. The molecule has 1 unspecified atom stereocenters. The van der Waals surface area contributed by atoms with Crippen LogP contribution in [0.5, 0.6) is 0 Å². The second kappa shape index (κ2) is 6.31. The summed E-state index contributed by atoms with van der Waals surface area (Å²) in [6.07, 6.45) is 3.61. The van der Waals surface area contributed by atoms with Gasteiger partial charge in [0.25, 0.3) is 0 Å². The lowest BCUT2D eigenvalue weighted by Gasteiger charge is -2.15. The van der Waals surface area contributed by atoms with Gasteiger partial charge in [-0.25, -0.2) is 0 Å². The van der Waals surface area contributed by atoms with Crippen LogP contribution in [0, 0.1) is 0 Å². The van der Waals surface area contributed by atoms with Gasteiger partial charge in [-0.3, -0.25) is 4.79 Å². The minimum absolute atomic E-state index is 0.210. The fourth-order valence-electron chi connectivity index (χ4n) is 2.00. The van der Waals surface area contributed by atoms with E-state index in [-0.39, 0.29) is 11.8 Å². The lowest BCUT2D eigenvalue weighted by Crippen LogP contribution is -2.15. The SMILES string of the molecule is CCCC(CC(N)=O)c1ccc(CC)cc1. The molecular formula is C14H21NO. The monoisotopic (exact) mass is 219 g/mol. The van der Waals surface area contributed by atoms with Gasteiger partial charge in [-0.05, 0) is 29.9 Å². The average Bonchev–Trinajstić information content (AvgIpc) is 2.28. The number of amides is 1. The molecule has 2 nitrogen and oxygen atoms in total. The largest absolute Gasteiger partial charge is 0.370 e. The number of nitrogens with two attached hydrogens (primary N) is 1. The van der Waals surface area contributed by atoms with Gasteiger partial charge < -0.3 is 5.73 Å². The van der Waals surface area contributed by atoms with Crippen LogP contribution in [0.4, 0.5) is 0 Å².